The van der Waals surface area contributed by atoms with E-state index in [9.17, 15) is 13.2 Å². The quantitative estimate of drug-likeness (QED) is 0.509. The van der Waals surface area contributed by atoms with E-state index in [2.05, 4.69) is 9.46 Å². The number of hydrogen-bond acceptors (Lipinski definition) is 5. The zero-order valence-corrected chi connectivity index (χ0v) is 11.4. The molecule has 0 spiro atoms. The molecule has 1 rings (SSSR count). The third-order valence-electron chi connectivity index (χ3n) is 2.45. The molecule has 0 saturated carbocycles. The number of amides is 1. The topological polar surface area (TPSA) is 125 Å². The van der Waals surface area contributed by atoms with Crippen LogP contribution in [0.2, 0.25) is 0 Å². The summed E-state index contributed by atoms with van der Waals surface area (Å²) in [5.74, 6) is 0. The third-order valence-corrected chi connectivity index (χ3v) is 3.91. The third kappa shape index (κ3) is 4.42. The lowest BCUT2D eigenvalue weighted by Gasteiger charge is -2.09. The first-order valence-electron chi connectivity index (χ1n) is 5.67. The van der Waals surface area contributed by atoms with E-state index in [1.54, 1.807) is 6.07 Å². The van der Waals surface area contributed by atoms with Gasteiger partial charge in [0.2, 0.25) is 10.0 Å². The maximum atomic E-state index is 11.9. The Morgan fingerprint density at radius 2 is 2.11 bits per heavy atom. The molecule has 0 radical (unpaired) electrons. The van der Waals surface area contributed by atoms with Crippen molar-refractivity contribution in [2.75, 3.05) is 18.9 Å². The van der Waals surface area contributed by atoms with Crippen molar-refractivity contribution in [2.45, 2.75) is 18.2 Å². The summed E-state index contributed by atoms with van der Waals surface area (Å²) in [4.78, 5) is 10.4. The number of carbonyl (C=O) groups excluding carboxylic acids is 1. The summed E-state index contributed by atoms with van der Waals surface area (Å²) in [5.41, 5.74) is 11.8. The Hall–Kier alpha value is -1.80. The van der Waals surface area contributed by atoms with Crippen LogP contribution in [-0.2, 0) is 21.2 Å². The Morgan fingerprint density at radius 3 is 2.63 bits per heavy atom. The lowest BCUT2D eigenvalue weighted by molar-refractivity contribution is 0.159. The fraction of sp³-hybridized carbons (Fsp3) is 0.364. The standard InChI is InChI=1S/C11H17N3O4S/c1-2-8-3-4-9(7-10(8)12)19(16,17)14-5-6-18-11(13)15/h3-4,7,14H,2,5-6,12H2,1H3,(H2,13,15). The van der Waals surface area contributed by atoms with Crippen LogP contribution in [0.5, 0.6) is 0 Å². The minimum absolute atomic E-state index is 0.0549. The van der Waals surface area contributed by atoms with Crippen molar-refractivity contribution in [3.05, 3.63) is 23.8 Å². The van der Waals surface area contributed by atoms with Gasteiger partial charge < -0.3 is 16.2 Å². The average Bonchev–Trinajstić information content (AvgIpc) is 2.34. The van der Waals surface area contributed by atoms with Gasteiger partial charge in [0.25, 0.3) is 0 Å². The zero-order chi connectivity index (χ0) is 14.5. The molecule has 8 heteroatoms. The molecule has 0 aliphatic rings. The van der Waals surface area contributed by atoms with Gasteiger partial charge in [0.15, 0.2) is 0 Å². The van der Waals surface area contributed by atoms with Crippen LogP contribution in [0.4, 0.5) is 10.5 Å². The molecule has 1 aromatic carbocycles. The van der Waals surface area contributed by atoms with E-state index in [4.69, 9.17) is 11.5 Å². The molecular formula is C11H17N3O4S. The highest BCUT2D eigenvalue weighted by molar-refractivity contribution is 7.89. The number of nitrogens with two attached hydrogens (primary N) is 2. The number of rotatable bonds is 6. The summed E-state index contributed by atoms with van der Waals surface area (Å²) < 4.78 is 30.5. The minimum atomic E-state index is -3.67. The van der Waals surface area contributed by atoms with Crippen LogP contribution in [-0.4, -0.2) is 27.7 Å². The number of sulfonamides is 1. The normalized spacial score (nSPS) is 11.2. The second-order valence-electron chi connectivity index (χ2n) is 3.78. The fourth-order valence-electron chi connectivity index (χ4n) is 1.47. The summed E-state index contributed by atoms with van der Waals surface area (Å²) >= 11 is 0. The highest BCUT2D eigenvalue weighted by Crippen LogP contribution is 2.18. The lowest BCUT2D eigenvalue weighted by Crippen LogP contribution is -2.29. The number of ether oxygens (including phenoxy) is 1. The van der Waals surface area contributed by atoms with Crippen LogP contribution in [0.15, 0.2) is 23.1 Å². The number of carbonyl (C=O) groups is 1. The van der Waals surface area contributed by atoms with E-state index < -0.39 is 16.1 Å². The maximum absolute atomic E-state index is 11.9. The Kier molecular flexibility index (Phi) is 5.13. The van der Waals surface area contributed by atoms with Gasteiger partial charge in [-0.15, -0.1) is 0 Å². The van der Waals surface area contributed by atoms with Crippen LogP contribution >= 0.6 is 0 Å². The molecule has 19 heavy (non-hydrogen) atoms. The van der Waals surface area contributed by atoms with Gasteiger partial charge in [0.1, 0.15) is 6.61 Å². The predicted octanol–water partition coefficient (Wildman–Crippen LogP) is 0.205. The van der Waals surface area contributed by atoms with Gasteiger partial charge in [-0.2, -0.15) is 0 Å². The average molecular weight is 287 g/mol. The number of nitrogen functional groups attached to an aromatic ring is 1. The Labute approximate surface area is 112 Å². The number of primary amides is 1. The lowest BCUT2D eigenvalue weighted by atomic mass is 10.1. The predicted molar refractivity (Wildman–Crippen MR) is 71.0 cm³/mol. The fourth-order valence-corrected chi connectivity index (χ4v) is 2.52. The SMILES string of the molecule is CCc1ccc(S(=O)(=O)NCCOC(N)=O)cc1N. The first-order valence-corrected chi connectivity index (χ1v) is 7.15. The highest BCUT2D eigenvalue weighted by atomic mass is 32.2. The first-order chi connectivity index (χ1) is 8.86. The molecule has 1 aromatic rings. The van der Waals surface area contributed by atoms with E-state index in [-0.39, 0.29) is 18.0 Å². The number of aryl methyl sites for hydroxylation is 1. The van der Waals surface area contributed by atoms with E-state index in [1.165, 1.54) is 12.1 Å². The molecule has 1 amide bonds. The Morgan fingerprint density at radius 1 is 1.42 bits per heavy atom. The molecule has 7 nitrogen and oxygen atoms in total. The van der Waals surface area contributed by atoms with E-state index in [1.807, 2.05) is 6.92 Å². The summed E-state index contributed by atoms with van der Waals surface area (Å²) in [6, 6.07) is 4.55. The molecule has 0 atom stereocenters. The van der Waals surface area contributed by atoms with Gasteiger partial charge in [0, 0.05) is 12.2 Å². The van der Waals surface area contributed by atoms with Crippen LogP contribution in [0.25, 0.3) is 0 Å². The molecule has 0 unspecified atom stereocenters. The van der Waals surface area contributed by atoms with Crippen molar-refractivity contribution in [1.29, 1.82) is 0 Å². The van der Waals surface area contributed by atoms with Gasteiger partial charge in [-0.1, -0.05) is 13.0 Å². The highest BCUT2D eigenvalue weighted by Gasteiger charge is 2.14. The molecule has 0 aliphatic carbocycles. The molecule has 106 valence electrons. The maximum Gasteiger partial charge on any atom is 0.404 e. The second-order valence-corrected chi connectivity index (χ2v) is 5.55. The summed E-state index contributed by atoms with van der Waals surface area (Å²) in [7, 11) is -3.67. The van der Waals surface area contributed by atoms with Crippen molar-refractivity contribution in [2.24, 2.45) is 5.73 Å². The molecule has 0 heterocycles. The van der Waals surface area contributed by atoms with Crippen molar-refractivity contribution in [1.82, 2.24) is 4.72 Å². The Bertz CT molecular complexity index is 557. The van der Waals surface area contributed by atoms with Crippen LogP contribution in [0.3, 0.4) is 0 Å². The largest absolute Gasteiger partial charge is 0.448 e. The van der Waals surface area contributed by atoms with Crippen molar-refractivity contribution in [3.8, 4) is 0 Å². The molecule has 0 aliphatic heterocycles. The summed E-state index contributed by atoms with van der Waals surface area (Å²) in [6.07, 6.45) is -0.220. The van der Waals surface area contributed by atoms with Gasteiger partial charge in [-0.3, -0.25) is 0 Å². The molecule has 5 N–H and O–H groups in total. The van der Waals surface area contributed by atoms with Gasteiger partial charge in [0.05, 0.1) is 4.90 Å². The molecule has 0 saturated heterocycles. The second kappa shape index (κ2) is 6.39. The number of benzene rings is 1. The van der Waals surface area contributed by atoms with Crippen LogP contribution in [0, 0.1) is 0 Å². The van der Waals surface area contributed by atoms with E-state index >= 15 is 0 Å². The summed E-state index contributed by atoms with van der Waals surface area (Å²) in [5, 5.41) is 0. The molecular weight excluding hydrogens is 270 g/mol. The molecule has 0 bridgehead atoms. The van der Waals surface area contributed by atoms with E-state index in [0.29, 0.717) is 5.69 Å². The zero-order valence-electron chi connectivity index (χ0n) is 10.5. The number of hydrogen-bond donors (Lipinski definition) is 3. The van der Waals surface area contributed by atoms with Gasteiger partial charge in [-0.25, -0.2) is 17.9 Å². The molecule has 0 fully saturated rings. The monoisotopic (exact) mass is 287 g/mol. The van der Waals surface area contributed by atoms with Crippen LogP contribution in [0.1, 0.15) is 12.5 Å². The van der Waals surface area contributed by atoms with E-state index in [0.717, 1.165) is 12.0 Å². The van der Waals surface area contributed by atoms with Gasteiger partial charge in [-0.05, 0) is 24.1 Å². The molecule has 0 aromatic heterocycles. The van der Waals surface area contributed by atoms with Crippen molar-refractivity contribution < 1.29 is 17.9 Å². The minimum Gasteiger partial charge on any atom is -0.448 e. The van der Waals surface area contributed by atoms with Gasteiger partial charge >= 0.3 is 6.09 Å². The Balaban J connectivity index is 2.72. The van der Waals surface area contributed by atoms with Crippen molar-refractivity contribution in [3.63, 3.8) is 0 Å². The van der Waals surface area contributed by atoms with Crippen LogP contribution < -0.4 is 16.2 Å². The first kappa shape index (κ1) is 15.3. The number of anilines is 1. The number of nitrogens with one attached hydrogen (secondary N) is 1. The summed E-state index contributed by atoms with van der Waals surface area (Å²) in [6.45, 7) is 1.75. The smallest absolute Gasteiger partial charge is 0.404 e. The van der Waals surface area contributed by atoms with Crippen molar-refractivity contribution >= 4 is 21.8 Å².